The Kier molecular flexibility index (Phi) is 5.23. The molecule has 1 aromatic heterocycles. The topological polar surface area (TPSA) is 73.7 Å². The molecule has 0 saturated heterocycles. The Morgan fingerprint density at radius 2 is 2.23 bits per heavy atom. The highest BCUT2D eigenvalue weighted by Gasteiger charge is 2.26. The highest BCUT2D eigenvalue weighted by molar-refractivity contribution is 7.09. The third-order valence-electron chi connectivity index (χ3n) is 3.28. The molecule has 5 nitrogen and oxygen atoms in total. The van der Waals surface area contributed by atoms with Gasteiger partial charge in [-0.15, -0.1) is 11.3 Å². The van der Waals surface area contributed by atoms with Crippen molar-refractivity contribution in [1.29, 1.82) is 0 Å². The van der Waals surface area contributed by atoms with E-state index in [1.165, 1.54) is 29.5 Å². The van der Waals surface area contributed by atoms with Crippen molar-refractivity contribution in [2.75, 3.05) is 7.05 Å². The number of nitrogens with zero attached hydrogens (tertiary/aromatic N) is 2. The zero-order valence-corrected chi connectivity index (χ0v) is 13.1. The molecule has 1 heterocycles. The lowest BCUT2D eigenvalue weighted by Gasteiger charge is -2.24. The number of rotatable bonds is 6. The molecule has 0 spiro atoms. The van der Waals surface area contributed by atoms with Gasteiger partial charge < -0.3 is 10.2 Å². The Labute approximate surface area is 131 Å². The van der Waals surface area contributed by atoms with Crippen LogP contribution in [0.3, 0.4) is 0 Å². The molecule has 0 bridgehead atoms. The number of aliphatic hydroxyl groups is 1. The van der Waals surface area contributed by atoms with E-state index in [0.717, 1.165) is 10.7 Å². The first-order chi connectivity index (χ1) is 10.4. The molecular formula is C15H17FN2O3S. The first kappa shape index (κ1) is 16.5. The number of hydrogen-bond acceptors (Lipinski definition) is 5. The van der Waals surface area contributed by atoms with Crippen LogP contribution in [0.5, 0.6) is 0 Å². The third kappa shape index (κ3) is 3.68. The van der Waals surface area contributed by atoms with Crippen LogP contribution in [-0.2, 0) is 17.9 Å². The molecule has 0 aliphatic carbocycles. The predicted molar refractivity (Wildman–Crippen MR) is 81.0 cm³/mol. The number of hydrogen-bond donors (Lipinski definition) is 2. The van der Waals surface area contributed by atoms with Gasteiger partial charge in [0.25, 0.3) is 0 Å². The lowest BCUT2D eigenvalue weighted by molar-refractivity contribution is -0.143. The molecule has 118 valence electrons. The molecule has 7 heteroatoms. The monoisotopic (exact) mass is 324 g/mol. The molecule has 0 fully saturated rings. The van der Waals surface area contributed by atoms with Crippen LogP contribution < -0.4 is 0 Å². The van der Waals surface area contributed by atoms with Gasteiger partial charge in [-0.1, -0.05) is 6.07 Å². The Balaban J connectivity index is 2.27. The van der Waals surface area contributed by atoms with Gasteiger partial charge in [0.1, 0.15) is 16.9 Å². The van der Waals surface area contributed by atoms with Crippen molar-refractivity contribution in [2.45, 2.75) is 26.1 Å². The number of aliphatic hydroxyl groups excluding tert-OH is 1. The fraction of sp³-hybridized carbons (Fsp3) is 0.333. The highest BCUT2D eigenvalue weighted by atomic mass is 32.1. The second kappa shape index (κ2) is 6.95. The molecule has 0 amide bonds. The van der Waals surface area contributed by atoms with Gasteiger partial charge in [0.05, 0.1) is 13.2 Å². The van der Waals surface area contributed by atoms with E-state index in [1.54, 1.807) is 11.9 Å². The smallest absolute Gasteiger partial charge is 0.325 e. The number of aromatic nitrogens is 1. The minimum Gasteiger partial charge on any atom is -0.480 e. The minimum absolute atomic E-state index is 0.0854. The van der Waals surface area contributed by atoms with Crippen molar-refractivity contribution in [3.8, 4) is 0 Å². The number of carboxylic acid groups (broad SMARTS) is 1. The number of aryl methyl sites for hydroxylation is 1. The molecule has 0 unspecified atom stereocenters. The zero-order valence-electron chi connectivity index (χ0n) is 12.3. The normalized spacial score (nSPS) is 12.6. The molecule has 2 aromatic rings. The van der Waals surface area contributed by atoms with Crippen molar-refractivity contribution in [2.24, 2.45) is 0 Å². The van der Waals surface area contributed by atoms with E-state index in [2.05, 4.69) is 4.98 Å². The van der Waals surface area contributed by atoms with Gasteiger partial charge in [0.2, 0.25) is 0 Å². The Morgan fingerprint density at radius 1 is 1.50 bits per heavy atom. The summed E-state index contributed by atoms with van der Waals surface area (Å²) in [5, 5.41) is 21.3. The van der Waals surface area contributed by atoms with Crippen LogP contribution in [0.15, 0.2) is 23.6 Å². The predicted octanol–water partition coefficient (Wildman–Crippen LogP) is 2.34. The quantitative estimate of drug-likeness (QED) is 0.853. The van der Waals surface area contributed by atoms with Gasteiger partial charge in [-0.05, 0) is 31.7 Å². The van der Waals surface area contributed by atoms with Crippen LogP contribution in [0.2, 0.25) is 0 Å². The van der Waals surface area contributed by atoms with E-state index in [0.29, 0.717) is 12.1 Å². The fourth-order valence-corrected chi connectivity index (χ4v) is 3.09. The fourth-order valence-electron chi connectivity index (χ4n) is 2.25. The number of carboxylic acids is 1. The summed E-state index contributed by atoms with van der Waals surface area (Å²) < 4.78 is 13.5. The summed E-state index contributed by atoms with van der Waals surface area (Å²) in [6, 6.07) is 3.06. The van der Waals surface area contributed by atoms with Crippen LogP contribution in [0.1, 0.15) is 27.9 Å². The lowest BCUT2D eigenvalue weighted by Crippen LogP contribution is -2.30. The maximum atomic E-state index is 13.5. The molecule has 1 aromatic carbocycles. The van der Waals surface area contributed by atoms with E-state index in [4.69, 9.17) is 5.11 Å². The van der Waals surface area contributed by atoms with Crippen LogP contribution in [0.4, 0.5) is 4.39 Å². The molecule has 0 saturated carbocycles. The van der Waals surface area contributed by atoms with Gasteiger partial charge in [0.15, 0.2) is 0 Å². The highest BCUT2D eigenvalue weighted by Crippen LogP contribution is 2.24. The molecule has 0 aliphatic heterocycles. The third-order valence-corrected chi connectivity index (χ3v) is 4.23. The van der Waals surface area contributed by atoms with Crippen LogP contribution in [0.25, 0.3) is 0 Å². The lowest BCUT2D eigenvalue weighted by atomic mass is 10.0. The summed E-state index contributed by atoms with van der Waals surface area (Å²) in [4.78, 5) is 17.6. The van der Waals surface area contributed by atoms with Crippen LogP contribution in [0, 0.1) is 12.7 Å². The first-order valence-corrected chi connectivity index (χ1v) is 7.53. The van der Waals surface area contributed by atoms with Gasteiger partial charge in [-0.25, -0.2) is 9.37 Å². The summed E-state index contributed by atoms with van der Waals surface area (Å²) in [6.45, 7) is 1.78. The van der Waals surface area contributed by atoms with E-state index in [1.807, 2.05) is 12.3 Å². The van der Waals surface area contributed by atoms with E-state index >= 15 is 0 Å². The van der Waals surface area contributed by atoms with E-state index in [9.17, 15) is 14.3 Å². The number of carbonyl (C=O) groups is 1. The standard InChI is InChI=1S/C15H17FN2O3S/c1-9-8-22-13(17-9)6-18(2)14(15(20)21)10-3-4-12(16)11(5-10)7-19/h3-5,8,14,19H,6-7H2,1-2H3,(H,20,21)/t14-/m0/s1. The van der Waals surface area contributed by atoms with E-state index < -0.39 is 24.4 Å². The Bertz CT molecular complexity index is 675. The number of halogens is 1. The number of thiazole rings is 1. The molecular weight excluding hydrogens is 307 g/mol. The summed E-state index contributed by atoms with van der Waals surface area (Å²) in [6.07, 6.45) is 0. The Morgan fingerprint density at radius 3 is 2.77 bits per heavy atom. The minimum atomic E-state index is -1.04. The van der Waals surface area contributed by atoms with Crippen LogP contribution >= 0.6 is 11.3 Å². The van der Waals surface area contributed by atoms with Crippen molar-refractivity contribution in [3.05, 3.63) is 51.2 Å². The van der Waals surface area contributed by atoms with Gasteiger partial charge >= 0.3 is 5.97 Å². The molecule has 0 aliphatic rings. The van der Waals surface area contributed by atoms with Crippen LogP contribution in [-0.4, -0.2) is 33.1 Å². The summed E-state index contributed by atoms with van der Waals surface area (Å²) in [7, 11) is 1.68. The van der Waals surface area contributed by atoms with Crippen molar-refractivity contribution >= 4 is 17.3 Å². The van der Waals surface area contributed by atoms with Crippen molar-refractivity contribution < 1.29 is 19.4 Å². The average Bonchev–Trinajstić information content (AvgIpc) is 2.85. The summed E-state index contributed by atoms with van der Waals surface area (Å²) >= 11 is 1.47. The molecule has 22 heavy (non-hydrogen) atoms. The number of benzene rings is 1. The average molecular weight is 324 g/mol. The SMILES string of the molecule is Cc1csc(CN(C)[C@H](C(=O)O)c2ccc(F)c(CO)c2)n1. The first-order valence-electron chi connectivity index (χ1n) is 6.65. The second-order valence-electron chi connectivity index (χ2n) is 5.05. The number of likely N-dealkylation sites (N-methyl/N-ethyl adjacent to an activating group) is 1. The maximum Gasteiger partial charge on any atom is 0.325 e. The number of aliphatic carboxylic acids is 1. The molecule has 0 radical (unpaired) electrons. The zero-order chi connectivity index (χ0) is 16.3. The summed E-state index contributed by atoms with van der Waals surface area (Å²) in [5.74, 6) is -1.58. The molecule has 2 rings (SSSR count). The largest absolute Gasteiger partial charge is 0.480 e. The second-order valence-corrected chi connectivity index (χ2v) is 5.99. The van der Waals surface area contributed by atoms with Gasteiger partial charge in [-0.3, -0.25) is 9.69 Å². The van der Waals surface area contributed by atoms with Gasteiger partial charge in [0, 0.05) is 16.6 Å². The Hall–Kier alpha value is -1.83. The van der Waals surface area contributed by atoms with Crippen molar-refractivity contribution in [1.82, 2.24) is 9.88 Å². The maximum absolute atomic E-state index is 13.5. The molecule has 2 N–H and O–H groups in total. The van der Waals surface area contributed by atoms with E-state index in [-0.39, 0.29) is 5.56 Å². The molecule has 1 atom stereocenters. The van der Waals surface area contributed by atoms with Gasteiger partial charge in [-0.2, -0.15) is 0 Å². The van der Waals surface area contributed by atoms with Crippen molar-refractivity contribution in [3.63, 3.8) is 0 Å². The summed E-state index contributed by atoms with van der Waals surface area (Å²) in [5.41, 5.74) is 1.40.